The lowest BCUT2D eigenvalue weighted by Crippen LogP contribution is -2.58. The summed E-state index contributed by atoms with van der Waals surface area (Å²) in [5, 5.41) is 0. The number of allylic oxidation sites excluding steroid dienone is 2. The molecule has 2 heterocycles. The number of esters is 1. The van der Waals surface area contributed by atoms with Crippen LogP contribution in [0.4, 0.5) is 0 Å². The molecule has 0 amide bonds. The van der Waals surface area contributed by atoms with Crippen molar-refractivity contribution in [3.05, 3.63) is 48.0 Å². The van der Waals surface area contributed by atoms with Crippen molar-refractivity contribution in [1.29, 1.82) is 0 Å². The Morgan fingerprint density at radius 1 is 1.14 bits per heavy atom. The number of carbonyl (C=O) groups is 1. The van der Waals surface area contributed by atoms with Gasteiger partial charge < -0.3 is 14.2 Å². The Morgan fingerprint density at radius 3 is 2.43 bits per heavy atom. The average Bonchev–Trinajstić information content (AvgIpc) is 2.83. The van der Waals surface area contributed by atoms with Crippen LogP contribution >= 0.6 is 0 Å². The predicted octanol–water partition coefficient (Wildman–Crippen LogP) is 4.47. The first-order chi connectivity index (χ1) is 16.6. The number of hydrogen-bond acceptors (Lipinski definition) is 6. The second-order valence-corrected chi connectivity index (χ2v) is 12.7. The standard InChI is InChI=1S/C27H41NO6S/c1-26(2,3)34-25(29)27(15-20-32-21-16-27)35(30,31)28-17-13-23(14-18-28)10-8-5-9-19-33-22-24-11-6-4-7-12-24/h4,6-8,10-12,23H,5,9,13-22H2,1-3H3/b10-8+. The lowest BCUT2D eigenvalue weighted by molar-refractivity contribution is -0.161. The third kappa shape index (κ3) is 7.62. The highest BCUT2D eigenvalue weighted by Crippen LogP contribution is 2.37. The number of piperidine rings is 1. The van der Waals surface area contributed by atoms with E-state index in [9.17, 15) is 13.2 Å². The van der Waals surface area contributed by atoms with Gasteiger partial charge in [-0.15, -0.1) is 0 Å². The van der Waals surface area contributed by atoms with Crippen LogP contribution in [0.2, 0.25) is 0 Å². The lowest BCUT2D eigenvalue weighted by atomic mass is 9.97. The van der Waals surface area contributed by atoms with E-state index in [0.29, 0.717) is 32.2 Å². The topological polar surface area (TPSA) is 82.1 Å². The molecule has 2 fully saturated rings. The summed E-state index contributed by atoms with van der Waals surface area (Å²) >= 11 is 0. The Bertz CT molecular complexity index is 924. The smallest absolute Gasteiger partial charge is 0.329 e. The van der Waals surface area contributed by atoms with E-state index >= 15 is 0 Å². The third-order valence-electron chi connectivity index (χ3n) is 6.58. The molecule has 2 saturated heterocycles. The van der Waals surface area contributed by atoms with Gasteiger partial charge in [0.2, 0.25) is 10.0 Å². The van der Waals surface area contributed by atoms with E-state index in [0.717, 1.165) is 25.7 Å². The minimum atomic E-state index is -3.86. The third-order valence-corrected chi connectivity index (χ3v) is 9.19. The van der Waals surface area contributed by atoms with Crippen LogP contribution in [0.15, 0.2) is 42.5 Å². The Hall–Kier alpha value is -1.74. The molecule has 35 heavy (non-hydrogen) atoms. The number of benzene rings is 1. The fraction of sp³-hybridized carbons (Fsp3) is 0.667. The molecule has 196 valence electrons. The summed E-state index contributed by atoms with van der Waals surface area (Å²) in [6, 6.07) is 10.1. The van der Waals surface area contributed by atoms with Crippen LogP contribution in [-0.2, 0) is 35.6 Å². The molecule has 0 aromatic heterocycles. The summed E-state index contributed by atoms with van der Waals surface area (Å²) in [7, 11) is -3.86. The summed E-state index contributed by atoms with van der Waals surface area (Å²) in [6.07, 6.45) is 8.06. The van der Waals surface area contributed by atoms with Gasteiger partial charge in [-0.2, -0.15) is 0 Å². The van der Waals surface area contributed by atoms with Crippen LogP contribution in [0.1, 0.15) is 64.9 Å². The largest absolute Gasteiger partial charge is 0.459 e. The van der Waals surface area contributed by atoms with Crippen molar-refractivity contribution in [3.63, 3.8) is 0 Å². The average molecular weight is 508 g/mol. The number of unbranched alkanes of at least 4 members (excludes halogenated alkanes) is 1. The van der Waals surface area contributed by atoms with Crippen molar-refractivity contribution in [1.82, 2.24) is 4.31 Å². The van der Waals surface area contributed by atoms with Crippen LogP contribution in [0.3, 0.4) is 0 Å². The molecule has 0 N–H and O–H groups in total. The second kappa shape index (κ2) is 12.5. The number of sulfonamides is 1. The van der Waals surface area contributed by atoms with E-state index in [4.69, 9.17) is 14.2 Å². The zero-order valence-corrected chi connectivity index (χ0v) is 22.2. The molecule has 0 radical (unpaired) electrons. The molecule has 8 heteroatoms. The van der Waals surface area contributed by atoms with Gasteiger partial charge in [-0.1, -0.05) is 42.5 Å². The van der Waals surface area contributed by atoms with E-state index in [1.807, 2.05) is 18.2 Å². The molecule has 0 saturated carbocycles. The van der Waals surface area contributed by atoms with Gasteiger partial charge in [0.15, 0.2) is 4.75 Å². The molecule has 0 aliphatic carbocycles. The number of ether oxygens (including phenoxy) is 3. The molecule has 0 atom stereocenters. The van der Waals surface area contributed by atoms with Gasteiger partial charge in [-0.3, -0.25) is 4.79 Å². The summed E-state index contributed by atoms with van der Waals surface area (Å²) in [5.41, 5.74) is 0.432. The lowest BCUT2D eigenvalue weighted by Gasteiger charge is -2.41. The first-order valence-electron chi connectivity index (χ1n) is 12.7. The van der Waals surface area contributed by atoms with Crippen LogP contribution < -0.4 is 0 Å². The Morgan fingerprint density at radius 2 is 1.80 bits per heavy atom. The van der Waals surface area contributed by atoms with E-state index in [1.165, 1.54) is 9.87 Å². The molecule has 1 aromatic rings. The minimum absolute atomic E-state index is 0.135. The van der Waals surface area contributed by atoms with E-state index < -0.39 is 26.3 Å². The Kier molecular flexibility index (Phi) is 9.93. The van der Waals surface area contributed by atoms with E-state index in [2.05, 4.69) is 24.3 Å². The zero-order valence-electron chi connectivity index (χ0n) is 21.4. The molecule has 3 rings (SSSR count). The number of hydrogen-bond donors (Lipinski definition) is 0. The molecular weight excluding hydrogens is 466 g/mol. The van der Waals surface area contributed by atoms with Crippen LogP contribution in [0.5, 0.6) is 0 Å². The maximum absolute atomic E-state index is 13.7. The van der Waals surface area contributed by atoms with Gasteiger partial charge in [-0.25, -0.2) is 12.7 Å². The maximum Gasteiger partial charge on any atom is 0.329 e. The van der Waals surface area contributed by atoms with Crippen molar-refractivity contribution >= 4 is 16.0 Å². The van der Waals surface area contributed by atoms with Crippen molar-refractivity contribution in [2.75, 3.05) is 32.9 Å². The zero-order chi connectivity index (χ0) is 25.4. The van der Waals surface area contributed by atoms with Crippen molar-refractivity contribution in [3.8, 4) is 0 Å². The maximum atomic E-state index is 13.7. The molecule has 2 aliphatic rings. The summed E-state index contributed by atoms with van der Waals surface area (Å²) in [6.45, 7) is 7.96. The van der Waals surface area contributed by atoms with Gasteiger partial charge in [0.1, 0.15) is 5.60 Å². The van der Waals surface area contributed by atoms with Crippen LogP contribution in [0.25, 0.3) is 0 Å². The van der Waals surface area contributed by atoms with Crippen LogP contribution in [-0.4, -0.2) is 62.0 Å². The highest BCUT2D eigenvalue weighted by Gasteiger charge is 2.56. The van der Waals surface area contributed by atoms with Gasteiger partial charge in [-0.05, 0) is 57.9 Å². The van der Waals surface area contributed by atoms with Gasteiger partial charge >= 0.3 is 5.97 Å². The van der Waals surface area contributed by atoms with Crippen LogP contribution in [0, 0.1) is 5.92 Å². The molecule has 0 spiro atoms. The predicted molar refractivity (Wildman–Crippen MR) is 136 cm³/mol. The quantitative estimate of drug-likeness (QED) is 0.264. The Labute approximate surface area is 210 Å². The van der Waals surface area contributed by atoms with Crippen molar-refractivity contribution in [2.45, 2.75) is 76.3 Å². The fourth-order valence-electron chi connectivity index (χ4n) is 4.55. The summed E-state index contributed by atoms with van der Waals surface area (Å²) in [4.78, 5) is 13.1. The molecule has 0 bridgehead atoms. The fourth-order valence-corrected chi connectivity index (χ4v) is 6.67. The molecular formula is C27H41NO6S. The number of nitrogens with zero attached hydrogens (tertiary/aromatic N) is 1. The second-order valence-electron chi connectivity index (χ2n) is 10.5. The van der Waals surface area contributed by atoms with Crippen molar-refractivity contribution in [2.24, 2.45) is 5.92 Å². The highest BCUT2D eigenvalue weighted by molar-refractivity contribution is 7.91. The monoisotopic (exact) mass is 507 g/mol. The molecule has 2 aliphatic heterocycles. The Balaban J connectivity index is 1.47. The van der Waals surface area contributed by atoms with E-state index in [1.54, 1.807) is 20.8 Å². The molecule has 0 unspecified atom stereocenters. The van der Waals surface area contributed by atoms with Gasteiger partial charge in [0.05, 0.1) is 6.61 Å². The summed E-state index contributed by atoms with van der Waals surface area (Å²) < 4.78 is 44.0. The van der Waals surface area contributed by atoms with E-state index in [-0.39, 0.29) is 26.1 Å². The first-order valence-corrected chi connectivity index (χ1v) is 14.2. The molecule has 1 aromatic carbocycles. The van der Waals surface area contributed by atoms with Crippen molar-refractivity contribution < 1.29 is 27.4 Å². The molecule has 7 nitrogen and oxygen atoms in total. The number of rotatable bonds is 10. The first kappa shape index (κ1) is 27.8. The summed E-state index contributed by atoms with van der Waals surface area (Å²) in [5.74, 6) is -0.302. The highest BCUT2D eigenvalue weighted by atomic mass is 32.2. The number of carbonyl (C=O) groups excluding carboxylic acids is 1. The normalized spacial score (nSPS) is 20.2. The van der Waals surface area contributed by atoms with Gasteiger partial charge in [0.25, 0.3) is 0 Å². The minimum Gasteiger partial charge on any atom is -0.459 e. The SMILES string of the molecule is CC(C)(C)OC(=O)C1(S(=O)(=O)N2CCC(/C=C/CCCOCc3ccccc3)CC2)CCOCC1. The van der Waals surface area contributed by atoms with Gasteiger partial charge in [0, 0.05) is 45.8 Å².